The molecule has 2 aromatic carbocycles. The monoisotopic (exact) mass is 513 g/mol. The molecule has 35 heavy (non-hydrogen) atoms. The van der Waals surface area contributed by atoms with Gasteiger partial charge in [-0.15, -0.1) is 0 Å². The molecule has 1 unspecified atom stereocenters. The fourth-order valence-corrected chi connectivity index (χ4v) is 6.29. The van der Waals surface area contributed by atoms with Gasteiger partial charge in [0.1, 0.15) is 0 Å². The van der Waals surface area contributed by atoms with Crippen LogP contribution >= 0.6 is 11.6 Å². The summed E-state index contributed by atoms with van der Waals surface area (Å²) in [6, 6.07) is 16.1. The Kier molecular flexibility index (Phi) is 6.95. The lowest BCUT2D eigenvalue weighted by molar-refractivity contribution is 0.0501. The predicted molar refractivity (Wildman–Crippen MR) is 133 cm³/mol. The number of amides is 1. The number of benzene rings is 2. The molecule has 1 aliphatic heterocycles. The molecule has 1 aromatic heterocycles. The molecule has 2 heterocycles. The highest BCUT2D eigenvalue weighted by molar-refractivity contribution is 7.90. The Morgan fingerprint density at radius 1 is 1.11 bits per heavy atom. The lowest BCUT2D eigenvalue weighted by Gasteiger charge is -2.26. The van der Waals surface area contributed by atoms with Crippen molar-refractivity contribution in [1.82, 2.24) is 14.5 Å². The minimum Gasteiger partial charge on any atom is -0.376 e. The van der Waals surface area contributed by atoms with Crippen LogP contribution in [0, 0.1) is 0 Å². The lowest BCUT2D eigenvalue weighted by Crippen LogP contribution is -2.37. The second kappa shape index (κ2) is 10.1. The Morgan fingerprint density at radius 3 is 2.60 bits per heavy atom. The maximum absolute atomic E-state index is 13.5. The highest BCUT2D eigenvalue weighted by atomic mass is 35.5. The first-order valence-corrected chi connectivity index (χ1v) is 13.9. The molecule has 0 bridgehead atoms. The van der Waals surface area contributed by atoms with Crippen LogP contribution in [0.1, 0.15) is 53.3 Å². The smallest absolute Gasteiger partial charge is 0.254 e. The van der Waals surface area contributed by atoms with Crippen molar-refractivity contribution >= 4 is 27.3 Å². The number of aromatic nitrogens is 2. The second-order valence-electron chi connectivity index (χ2n) is 9.21. The number of imidazole rings is 1. The van der Waals surface area contributed by atoms with Crippen molar-refractivity contribution in [1.29, 1.82) is 0 Å². The largest absolute Gasteiger partial charge is 0.376 e. The number of hydrogen-bond donors (Lipinski definition) is 0. The summed E-state index contributed by atoms with van der Waals surface area (Å²) in [5.74, 6) is -0.279. The number of halogens is 1. The third kappa shape index (κ3) is 5.60. The van der Waals surface area contributed by atoms with Crippen LogP contribution < -0.4 is 0 Å². The molecule has 1 saturated heterocycles. The zero-order valence-electron chi connectivity index (χ0n) is 19.3. The number of ether oxygens (including phenoxy) is 1. The number of carbonyl (C=O) groups excluding carboxylic acids is 1. The van der Waals surface area contributed by atoms with E-state index in [1.54, 1.807) is 47.5 Å². The minimum absolute atomic E-state index is 0.0447. The molecular weight excluding hydrogens is 486 g/mol. The van der Waals surface area contributed by atoms with Gasteiger partial charge in [0.2, 0.25) is 15.0 Å². The van der Waals surface area contributed by atoms with Gasteiger partial charge in [-0.05, 0) is 49.4 Å². The zero-order chi connectivity index (χ0) is 24.4. The molecule has 2 aliphatic rings. The maximum atomic E-state index is 13.5. The van der Waals surface area contributed by atoms with Gasteiger partial charge in [-0.2, -0.15) is 0 Å². The summed E-state index contributed by atoms with van der Waals surface area (Å²) < 4.78 is 34.3. The van der Waals surface area contributed by atoms with E-state index < -0.39 is 9.84 Å². The van der Waals surface area contributed by atoms with E-state index in [0.717, 1.165) is 31.2 Å². The summed E-state index contributed by atoms with van der Waals surface area (Å²) in [4.78, 5) is 19.6. The fourth-order valence-electron chi connectivity index (χ4n) is 4.56. The van der Waals surface area contributed by atoms with Crippen molar-refractivity contribution in [3.63, 3.8) is 0 Å². The van der Waals surface area contributed by atoms with Gasteiger partial charge in [0.25, 0.3) is 5.91 Å². The van der Waals surface area contributed by atoms with E-state index >= 15 is 0 Å². The van der Waals surface area contributed by atoms with E-state index in [1.165, 1.54) is 0 Å². The van der Waals surface area contributed by atoms with Gasteiger partial charge in [-0.25, -0.2) is 13.4 Å². The van der Waals surface area contributed by atoms with E-state index in [2.05, 4.69) is 4.98 Å². The van der Waals surface area contributed by atoms with E-state index in [1.807, 2.05) is 22.8 Å². The molecule has 1 saturated carbocycles. The first kappa shape index (κ1) is 24.0. The van der Waals surface area contributed by atoms with Crippen LogP contribution in [0.15, 0.2) is 66.0 Å². The van der Waals surface area contributed by atoms with Crippen molar-refractivity contribution in [2.45, 2.75) is 55.3 Å². The molecule has 7 nitrogen and oxygen atoms in total. The third-order valence-electron chi connectivity index (χ3n) is 6.39. The summed E-state index contributed by atoms with van der Waals surface area (Å²) in [6.45, 7) is 1.36. The van der Waals surface area contributed by atoms with Crippen LogP contribution in [0.2, 0.25) is 5.02 Å². The predicted octanol–water partition coefficient (Wildman–Crippen LogP) is 4.67. The summed E-state index contributed by atoms with van der Waals surface area (Å²) >= 11 is 6.14. The van der Waals surface area contributed by atoms with Gasteiger partial charge >= 0.3 is 0 Å². The third-order valence-corrected chi connectivity index (χ3v) is 8.20. The molecule has 184 valence electrons. The summed E-state index contributed by atoms with van der Waals surface area (Å²) in [7, 11) is -3.66. The first-order valence-electron chi connectivity index (χ1n) is 11.9. The standard InChI is InChI=1S/C26H28ClN3O4S/c27-21-9-4-8-20(14-21)25(31)29(17-24-10-5-13-34-24)16-23-15-28-26(30(23)22-11-12-22)35(32,33)18-19-6-2-1-3-7-19/h1-4,6-9,14-15,22,24H,5,10-13,16-18H2. The quantitative estimate of drug-likeness (QED) is 0.415. The average molecular weight is 514 g/mol. The second-order valence-corrected chi connectivity index (χ2v) is 11.5. The molecule has 0 N–H and O–H groups in total. The van der Waals surface area contributed by atoms with Gasteiger partial charge in [0.05, 0.1) is 30.3 Å². The van der Waals surface area contributed by atoms with Crippen molar-refractivity contribution in [2.75, 3.05) is 13.2 Å². The molecule has 2 fully saturated rings. The van der Waals surface area contributed by atoms with Gasteiger partial charge in [0.15, 0.2) is 0 Å². The van der Waals surface area contributed by atoms with Crippen molar-refractivity contribution in [3.8, 4) is 0 Å². The number of hydrogen-bond acceptors (Lipinski definition) is 5. The Morgan fingerprint density at radius 2 is 1.91 bits per heavy atom. The molecule has 0 radical (unpaired) electrons. The summed E-state index contributed by atoms with van der Waals surface area (Å²) in [5, 5.41) is 0.566. The fraction of sp³-hybridized carbons (Fsp3) is 0.385. The Balaban J connectivity index is 1.45. The topological polar surface area (TPSA) is 81.5 Å². The Bertz CT molecular complexity index is 1300. The molecule has 1 atom stereocenters. The highest BCUT2D eigenvalue weighted by Crippen LogP contribution is 2.39. The van der Waals surface area contributed by atoms with Crippen LogP contribution in [-0.4, -0.2) is 48.0 Å². The molecule has 1 aliphatic carbocycles. The number of rotatable bonds is 9. The minimum atomic E-state index is -3.66. The Hall–Kier alpha value is -2.68. The molecule has 0 spiro atoms. The number of carbonyl (C=O) groups is 1. The van der Waals surface area contributed by atoms with Crippen molar-refractivity contribution in [2.24, 2.45) is 0 Å². The van der Waals surface area contributed by atoms with Gasteiger partial charge in [-0.3, -0.25) is 4.79 Å². The molecule has 9 heteroatoms. The molecule has 3 aromatic rings. The average Bonchev–Trinajstić information content (AvgIpc) is 3.37. The molecular formula is C26H28ClN3O4S. The normalized spacial score (nSPS) is 18.0. The lowest BCUT2D eigenvalue weighted by atomic mass is 10.1. The zero-order valence-corrected chi connectivity index (χ0v) is 20.9. The van der Waals surface area contributed by atoms with Crippen LogP contribution in [0.3, 0.4) is 0 Å². The first-order chi connectivity index (χ1) is 16.9. The van der Waals surface area contributed by atoms with Gasteiger partial charge in [0, 0.05) is 29.8 Å². The summed E-state index contributed by atoms with van der Waals surface area (Å²) in [5.41, 5.74) is 1.92. The van der Waals surface area contributed by atoms with Gasteiger partial charge in [-0.1, -0.05) is 48.0 Å². The van der Waals surface area contributed by atoms with Crippen LogP contribution in [0.4, 0.5) is 0 Å². The van der Waals surface area contributed by atoms with E-state index in [4.69, 9.17) is 16.3 Å². The molecule has 1 amide bonds. The SMILES string of the molecule is O=C(c1cccc(Cl)c1)N(Cc1cnc(S(=O)(=O)Cc2ccccc2)n1C1CC1)CC1CCCO1. The maximum Gasteiger partial charge on any atom is 0.254 e. The van der Waals surface area contributed by atoms with E-state index in [-0.39, 0.29) is 35.5 Å². The van der Waals surface area contributed by atoms with Crippen LogP contribution in [-0.2, 0) is 26.9 Å². The highest BCUT2D eigenvalue weighted by Gasteiger charge is 2.34. The van der Waals surface area contributed by atoms with Crippen molar-refractivity contribution in [3.05, 3.63) is 82.6 Å². The number of sulfone groups is 1. The number of nitrogens with zero attached hydrogens (tertiary/aromatic N) is 3. The van der Waals surface area contributed by atoms with Crippen LogP contribution in [0.25, 0.3) is 0 Å². The molecule has 5 rings (SSSR count). The Labute approximate surface area is 210 Å². The summed E-state index contributed by atoms with van der Waals surface area (Å²) in [6.07, 6.45) is 5.20. The van der Waals surface area contributed by atoms with Crippen LogP contribution in [0.5, 0.6) is 0 Å². The van der Waals surface area contributed by atoms with Crippen molar-refractivity contribution < 1.29 is 17.9 Å². The van der Waals surface area contributed by atoms with E-state index in [0.29, 0.717) is 29.4 Å². The van der Waals surface area contributed by atoms with Gasteiger partial charge < -0.3 is 14.2 Å². The van der Waals surface area contributed by atoms with E-state index in [9.17, 15) is 13.2 Å².